The van der Waals surface area contributed by atoms with E-state index in [1.165, 1.54) is 5.56 Å². The number of carbonyl (C=O) groups is 1. The summed E-state index contributed by atoms with van der Waals surface area (Å²) in [5.74, 6) is 0.536. The lowest BCUT2D eigenvalue weighted by atomic mass is 10.1. The lowest BCUT2D eigenvalue weighted by molar-refractivity contribution is 0.0976. The minimum atomic E-state index is -0.0654. The fourth-order valence-electron chi connectivity index (χ4n) is 3.38. The van der Waals surface area contributed by atoms with E-state index >= 15 is 0 Å². The van der Waals surface area contributed by atoms with Crippen molar-refractivity contribution in [1.29, 1.82) is 0 Å². The zero-order valence-electron chi connectivity index (χ0n) is 13.7. The van der Waals surface area contributed by atoms with Crippen LogP contribution in [0, 0.1) is 0 Å². The molecule has 24 heavy (non-hydrogen) atoms. The summed E-state index contributed by atoms with van der Waals surface area (Å²) in [6, 6.07) is 9.90. The van der Waals surface area contributed by atoms with Gasteiger partial charge in [0, 0.05) is 31.0 Å². The molecule has 2 aliphatic heterocycles. The summed E-state index contributed by atoms with van der Waals surface area (Å²) >= 11 is 0. The molecule has 0 N–H and O–H groups in total. The van der Waals surface area contributed by atoms with E-state index in [2.05, 4.69) is 27.9 Å². The molecule has 3 heterocycles. The molecule has 2 aliphatic rings. The highest BCUT2D eigenvalue weighted by Crippen LogP contribution is 2.32. The van der Waals surface area contributed by atoms with Gasteiger partial charge in [-0.05, 0) is 31.0 Å². The summed E-state index contributed by atoms with van der Waals surface area (Å²) in [7, 11) is 0. The van der Waals surface area contributed by atoms with E-state index in [0.717, 1.165) is 25.2 Å². The average molecular weight is 324 g/mol. The molecule has 1 amide bonds. The van der Waals surface area contributed by atoms with Crippen LogP contribution in [0.15, 0.2) is 36.5 Å². The Kier molecular flexibility index (Phi) is 3.90. The normalized spacial score (nSPS) is 20.1. The molecule has 6 heteroatoms. The summed E-state index contributed by atoms with van der Waals surface area (Å²) in [6.45, 7) is 4.90. The number of nitrogens with zero attached hydrogens (tertiary/aromatic N) is 4. The summed E-state index contributed by atoms with van der Waals surface area (Å²) in [4.78, 5) is 25.8. The second-order valence-corrected chi connectivity index (χ2v) is 6.20. The van der Waals surface area contributed by atoms with Crippen LogP contribution in [0.3, 0.4) is 0 Å². The highest BCUT2D eigenvalue weighted by molar-refractivity contribution is 6.06. The fourth-order valence-corrected chi connectivity index (χ4v) is 3.38. The van der Waals surface area contributed by atoms with Crippen molar-refractivity contribution in [1.82, 2.24) is 9.97 Å². The second kappa shape index (κ2) is 6.20. The summed E-state index contributed by atoms with van der Waals surface area (Å²) in [5, 5.41) is 0. The highest BCUT2D eigenvalue weighted by Gasteiger charge is 2.32. The molecule has 1 fully saturated rings. The Morgan fingerprint density at radius 1 is 1.21 bits per heavy atom. The molecule has 124 valence electrons. The topological polar surface area (TPSA) is 58.6 Å². The Morgan fingerprint density at radius 3 is 2.83 bits per heavy atom. The van der Waals surface area contributed by atoms with Gasteiger partial charge in [-0.25, -0.2) is 9.97 Å². The standard InChI is InChI=1S/C18H20N4O2/c1-13-12-14-4-2-3-5-16(14)22(13)17(23)15-6-7-19-18(20-15)21-8-10-24-11-9-21/h2-7,13H,8-12H2,1H3. The molecule has 6 nitrogen and oxygen atoms in total. The molecular formula is C18H20N4O2. The van der Waals surface area contributed by atoms with Gasteiger partial charge in [0.1, 0.15) is 5.69 Å². The van der Waals surface area contributed by atoms with Crippen LogP contribution >= 0.6 is 0 Å². The number of aromatic nitrogens is 2. The summed E-state index contributed by atoms with van der Waals surface area (Å²) in [6.07, 6.45) is 2.54. The van der Waals surface area contributed by atoms with Crippen LogP contribution in [0.2, 0.25) is 0 Å². The third kappa shape index (κ3) is 2.63. The van der Waals surface area contributed by atoms with Gasteiger partial charge in [-0.2, -0.15) is 0 Å². The van der Waals surface area contributed by atoms with Crippen molar-refractivity contribution in [3.05, 3.63) is 47.8 Å². The van der Waals surface area contributed by atoms with Crippen molar-refractivity contribution < 1.29 is 9.53 Å². The van der Waals surface area contributed by atoms with Crippen molar-refractivity contribution in [3.63, 3.8) is 0 Å². The van der Waals surface area contributed by atoms with Crippen LogP contribution in [-0.2, 0) is 11.2 Å². The Balaban J connectivity index is 1.63. The minimum Gasteiger partial charge on any atom is -0.378 e. The van der Waals surface area contributed by atoms with Gasteiger partial charge in [-0.1, -0.05) is 18.2 Å². The monoisotopic (exact) mass is 324 g/mol. The van der Waals surface area contributed by atoms with Gasteiger partial charge >= 0.3 is 0 Å². The average Bonchev–Trinajstić information content (AvgIpc) is 2.97. The fraction of sp³-hybridized carbons (Fsp3) is 0.389. The number of anilines is 2. The molecule has 1 atom stereocenters. The molecule has 1 aromatic carbocycles. The molecule has 2 aromatic rings. The van der Waals surface area contributed by atoms with E-state index in [1.54, 1.807) is 12.3 Å². The molecule has 4 rings (SSSR count). The van der Waals surface area contributed by atoms with Gasteiger partial charge in [-0.15, -0.1) is 0 Å². The predicted molar refractivity (Wildman–Crippen MR) is 91.5 cm³/mol. The van der Waals surface area contributed by atoms with Gasteiger partial charge in [0.05, 0.1) is 13.2 Å². The number of benzene rings is 1. The number of morpholine rings is 1. The van der Waals surface area contributed by atoms with E-state index in [1.807, 2.05) is 23.1 Å². The van der Waals surface area contributed by atoms with E-state index in [9.17, 15) is 4.79 Å². The third-order valence-electron chi connectivity index (χ3n) is 4.58. The van der Waals surface area contributed by atoms with Gasteiger partial charge < -0.3 is 14.5 Å². The molecule has 0 aliphatic carbocycles. The number of hydrogen-bond acceptors (Lipinski definition) is 5. The van der Waals surface area contributed by atoms with E-state index < -0.39 is 0 Å². The molecule has 0 saturated carbocycles. The zero-order valence-corrected chi connectivity index (χ0v) is 13.7. The SMILES string of the molecule is CC1Cc2ccccc2N1C(=O)c1ccnc(N2CCOCC2)n1. The van der Waals surface area contributed by atoms with E-state index in [-0.39, 0.29) is 11.9 Å². The van der Waals surface area contributed by atoms with Crippen LogP contribution in [0.1, 0.15) is 23.0 Å². The molecule has 0 spiro atoms. The van der Waals surface area contributed by atoms with Crippen molar-refractivity contribution in [2.45, 2.75) is 19.4 Å². The number of hydrogen-bond donors (Lipinski definition) is 0. The first kappa shape index (κ1) is 15.1. The second-order valence-electron chi connectivity index (χ2n) is 6.20. The van der Waals surface area contributed by atoms with Crippen molar-refractivity contribution >= 4 is 17.5 Å². The van der Waals surface area contributed by atoms with Crippen molar-refractivity contribution in [2.24, 2.45) is 0 Å². The van der Waals surface area contributed by atoms with Gasteiger partial charge in [0.25, 0.3) is 5.91 Å². The molecular weight excluding hydrogens is 304 g/mol. The third-order valence-corrected chi connectivity index (χ3v) is 4.58. The first-order valence-electron chi connectivity index (χ1n) is 8.31. The first-order chi connectivity index (χ1) is 11.7. The zero-order chi connectivity index (χ0) is 16.5. The Bertz CT molecular complexity index is 758. The van der Waals surface area contributed by atoms with E-state index in [4.69, 9.17) is 4.74 Å². The number of ether oxygens (including phenoxy) is 1. The van der Waals surface area contributed by atoms with Gasteiger partial charge in [-0.3, -0.25) is 4.79 Å². The molecule has 1 saturated heterocycles. The molecule has 0 radical (unpaired) electrons. The highest BCUT2D eigenvalue weighted by atomic mass is 16.5. The lowest BCUT2D eigenvalue weighted by Gasteiger charge is -2.27. The van der Waals surface area contributed by atoms with Gasteiger partial charge in [0.15, 0.2) is 0 Å². The van der Waals surface area contributed by atoms with E-state index in [0.29, 0.717) is 24.9 Å². The number of rotatable bonds is 2. The summed E-state index contributed by atoms with van der Waals surface area (Å²) in [5.41, 5.74) is 2.64. The summed E-state index contributed by atoms with van der Waals surface area (Å²) < 4.78 is 5.36. The molecule has 0 bridgehead atoms. The van der Waals surface area contributed by atoms with Crippen LogP contribution in [-0.4, -0.2) is 48.2 Å². The smallest absolute Gasteiger partial charge is 0.277 e. The Hall–Kier alpha value is -2.47. The first-order valence-corrected chi connectivity index (χ1v) is 8.31. The van der Waals surface area contributed by atoms with Crippen LogP contribution in [0.25, 0.3) is 0 Å². The molecule has 1 aromatic heterocycles. The number of amides is 1. The number of fused-ring (bicyclic) bond motifs is 1. The largest absolute Gasteiger partial charge is 0.378 e. The van der Waals surface area contributed by atoms with Crippen molar-refractivity contribution in [3.8, 4) is 0 Å². The lowest BCUT2D eigenvalue weighted by Crippen LogP contribution is -2.39. The number of carbonyl (C=O) groups excluding carboxylic acids is 1. The van der Waals surface area contributed by atoms with Gasteiger partial charge in [0.2, 0.25) is 5.95 Å². The predicted octanol–water partition coefficient (Wildman–Crippen LogP) is 1.90. The van der Waals surface area contributed by atoms with Crippen LogP contribution in [0.5, 0.6) is 0 Å². The van der Waals surface area contributed by atoms with Crippen LogP contribution in [0.4, 0.5) is 11.6 Å². The number of para-hydroxylation sites is 1. The Morgan fingerprint density at radius 2 is 2.00 bits per heavy atom. The molecule has 1 unspecified atom stereocenters. The maximum atomic E-state index is 13.0. The quantitative estimate of drug-likeness (QED) is 0.844. The Labute approximate surface area is 141 Å². The maximum absolute atomic E-state index is 13.0. The minimum absolute atomic E-state index is 0.0654. The maximum Gasteiger partial charge on any atom is 0.277 e. The van der Waals surface area contributed by atoms with Crippen molar-refractivity contribution in [2.75, 3.05) is 36.1 Å². The van der Waals surface area contributed by atoms with Crippen LogP contribution < -0.4 is 9.80 Å².